The molecule has 0 bridgehead atoms. The van der Waals surface area contributed by atoms with Crippen molar-refractivity contribution in [1.82, 2.24) is 10.6 Å². The summed E-state index contributed by atoms with van der Waals surface area (Å²) in [6, 6.07) is 17.8. The minimum absolute atomic E-state index is 0.229. The number of hydrogen-bond acceptors (Lipinski definition) is 6. The molecule has 2 amide bonds. The molecule has 8 heteroatoms. The van der Waals surface area contributed by atoms with E-state index in [4.69, 9.17) is 13.9 Å². The molecule has 3 aromatic rings. The molecular formula is C22H22N2O6. The Kier molecular flexibility index (Phi) is 7.05. The van der Waals surface area contributed by atoms with Gasteiger partial charge in [0.2, 0.25) is 0 Å². The van der Waals surface area contributed by atoms with Crippen molar-refractivity contribution in [3.8, 4) is 5.75 Å². The Labute approximate surface area is 173 Å². The lowest BCUT2D eigenvalue weighted by Gasteiger charge is -2.12. The molecule has 0 aliphatic carbocycles. The van der Waals surface area contributed by atoms with Crippen LogP contribution >= 0.6 is 0 Å². The van der Waals surface area contributed by atoms with Crippen molar-refractivity contribution in [2.24, 2.45) is 0 Å². The number of hydrogen-bond donors (Lipinski definition) is 2. The highest BCUT2D eigenvalue weighted by molar-refractivity contribution is 5.85. The number of ether oxygens (including phenoxy) is 2. The molecule has 1 heterocycles. The molecular weight excluding hydrogens is 388 g/mol. The third-order valence-corrected chi connectivity index (χ3v) is 4.16. The number of para-hydroxylation sites is 2. The number of amides is 2. The SMILES string of the molecule is C[C@@H](NC(=O)COC(=O)CNC(=O)COc1ccccc1)c1cc2ccccc2o1. The Morgan fingerprint density at radius 1 is 0.967 bits per heavy atom. The van der Waals surface area contributed by atoms with Gasteiger partial charge in [-0.3, -0.25) is 14.4 Å². The molecule has 8 nitrogen and oxygen atoms in total. The van der Waals surface area contributed by atoms with Gasteiger partial charge in [-0.2, -0.15) is 0 Å². The Hall–Kier alpha value is -3.81. The third-order valence-electron chi connectivity index (χ3n) is 4.16. The fraction of sp³-hybridized carbons (Fsp3) is 0.227. The molecule has 156 valence electrons. The predicted octanol–water partition coefficient (Wildman–Crippen LogP) is 2.35. The van der Waals surface area contributed by atoms with Gasteiger partial charge in [0, 0.05) is 5.39 Å². The van der Waals surface area contributed by atoms with Gasteiger partial charge in [0.1, 0.15) is 23.6 Å². The van der Waals surface area contributed by atoms with Gasteiger partial charge in [0.15, 0.2) is 13.2 Å². The standard InChI is InChI=1S/C22H22N2O6/c1-15(19-11-16-7-5-6-10-18(16)30-19)24-21(26)14-29-22(27)12-23-20(25)13-28-17-8-3-2-4-9-17/h2-11,15H,12-14H2,1H3,(H,23,25)(H,24,26)/t15-/m1/s1. The summed E-state index contributed by atoms with van der Waals surface area (Å²) < 4.78 is 15.8. The average Bonchev–Trinajstić information content (AvgIpc) is 3.20. The topological polar surface area (TPSA) is 107 Å². The summed E-state index contributed by atoms with van der Waals surface area (Å²) in [7, 11) is 0. The summed E-state index contributed by atoms with van der Waals surface area (Å²) in [6.07, 6.45) is 0. The molecule has 0 aliphatic heterocycles. The molecule has 2 N–H and O–H groups in total. The van der Waals surface area contributed by atoms with E-state index in [2.05, 4.69) is 10.6 Å². The Morgan fingerprint density at radius 2 is 1.70 bits per heavy atom. The van der Waals surface area contributed by atoms with E-state index in [1.807, 2.05) is 36.4 Å². The largest absolute Gasteiger partial charge is 0.484 e. The summed E-state index contributed by atoms with van der Waals surface area (Å²) in [5.74, 6) is -0.532. The van der Waals surface area contributed by atoms with E-state index < -0.39 is 30.4 Å². The lowest BCUT2D eigenvalue weighted by Crippen LogP contribution is -2.36. The van der Waals surface area contributed by atoms with E-state index >= 15 is 0 Å². The van der Waals surface area contributed by atoms with Crippen molar-refractivity contribution >= 4 is 28.8 Å². The quantitative estimate of drug-likeness (QED) is 0.525. The van der Waals surface area contributed by atoms with Crippen molar-refractivity contribution in [2.75, 3.05) is 19.8 Å². The first-order chi connectivity index (χ1) is 14.5. The fourth-order valence-electron chi connectivity index (χ4n) is 2.65. The van der Waals surface area contributed by atoms with Gasteiger partial charge in [0.25, 0.3) is 11.8 Å². The van der Waals surface area contributed by atoms with Gasteiger partial charge >= 0.3 is 5.97 Å². The van der Waals surface area contributed by atoms with Crippen LogP contribution in [0.2, 0.25) is 0 Å². The average molecular weight is 410 g/mol. The number of carbonyl (C=O) groups is 3. The van der Waals surface area contributed by atoms with Gasteiger partial charge in [0.05, 0.1) is 6.04 Å². The normalized spacial score (nSPS) is 11.5. The zero-order chi connectivity index (χ0) is 21.3. The smallest absolute Gasteiger partial charge is 0.325 e. The highest BCUT2D eigenvalue weighted by atomic mass is 16.5. The van der Waals surface area contributed by atoms with Gasteiger partial charge in [-0.1, -0.05) is 36.4 Å². The summed E-state index contributed by atoms with van der Waals surface area (Å²) in [6.45, 7) is 0.723. The minimum Gasteiger partial charge on any atom is -0.484 e. The van der Waals surface area contributed by atoms with E-state index in [0.717, 1.165) is 11.0 Å². The fourth-order valence-corrected chi connectivity index (χ4v) is 2.65. The summed E-state index contributed by atoms with van der Waals surface area (Å²) in [4.78, 5) is 35.4. The van der Waals surface area contributed by atoms with E-state index in [0.29, 0.717) is 11.5 Å². The van der Waals surface area contributed by atoms with Crippen LogP contribution in [-0.2, 0) is 19.1 Å². The Morgan fingerprint density at radius 3 is 2.47 bits per heavy atom. The number of rotatable bonds is 9. The van der Waals surface area contributed by atoms with Gasteiger partial charge in [-0.05, 0) is 31.2 Å². The molecule has 30 heavy (non-hydrogen) atoms. The molecule has 2 aromatic carbocycles. The van der Waals surface area contributed by atoms with Crippen LogP contribution in [0.1, 0.15) is 18.7 Å². The summed E-state index contributed by atoms with van der Waals surface area (Å²) in [5.41, 5.74) is 0.729. The van der Waals surface area contributed by atoms with Crippen LogP contribution in [0.15, 0.2) is 65.1 Å². The Bertz CT molecular complexity index is 982. The van der Waals surface area contributed by atoms with Crippen molar-refractivity contribution < 1.29 is 28.3 Å². The second-order valence-corrected chi connectivity index (χ2v) is 6.51. The highest BCUT2D eigenvalue weighted by Crippen LogP contribution is 2.23. The maximum Gasteiger partial charge on any atom is 0.325 e. The van der Waals surface area contributed by atoms with E-state index in [1.165, 1.54) is 0 Å². The van der Waals surface area contributed by atoms with Gasteiger partial charge in [-0.15, -0.1) is 0 Å². The zero-order valence-corrected chi connectivity index (χ0v) is 16.4. The van der Waals surface area contributed by atoms with Crippen molar-refractivity contribution in [2.45, 2.75) is 13.0 Å². The lowest BCUT2D eigenvalue weighted by molar-refractivity contribution is -0.148. The van der Waals surface area contributed by atoms with E-state index in [-0.39, 0.29) is 13.2 Å². The molecule has 0 radical (unpaired) electrons. The summed E-state index contributed by atoms with van der Waals surface area (Å²) in [5, 5.41) is 6.01. The minimum atomic E-state index is -0.727. The second-order valence-electron chi connectivity index (χ2n) is 6.51. The monoisotopic (exact) mass is 410 g/mol. The van der Waals surface area contributed by atoms with Crippen molar-refractivity contribution in [3.05, 3.63) is 66.4 Å². The number of fused-ring (bicyclic) bond motifs is 1. The number of esters is 1. The maximum atomic E-state index is 12.0. The molecule has 0 fully saturated rings. The first-order valence-corrected chi connectivity index (χ1v) is 9.39. The first-order valence-electron chi connectivity index (χ1n) is 9.39. The van der Waals surface area contributed by atoms with Crippen molar-refractivity contribution in [3.63, 3.8) is 0 Å². The number of furan rings is 1. The maximum absolute atomic E-state index is 12.0. The van der Waals surface area contributed by atoms with Crippen LogP contribution in [-0.4, -0.2) is 37.5 Å². The molecule has 0 spiro atoms. The summed E-state index contributed by atoms with van der Waals surface area (Å²) >= 11 is 0. The van der Waals surface area contributed by atoms with Crippen molar-refractivity contribution in [1.29, 1.82) is 0 Å². The molecule has 1 atom stereocenters. The van der Waals surface area contributed by atoms with Crippen LogP contribution in [0.3, 0.4) is 0 Å². The third kappa shape index (κ3) is 6.10. The molecule has 0 saturated carbocycles. The van der Waals surface area contributed by atoms with Gasteiger partial charge < -0.3 is 24.5 Å². The molecule has 0 saturated heterocycles. The van der Waals surface area contributed by atoms with Crippen LogP contribution in [0, 0.1) is 0 Å². The van der Waals surface area contributed by atoms with Crippen LogP contribution in [0.4, 0.5) is 0 Å². The van der Waals surface area contributed by atoms with Gasteiger partial charge in [-0.25, -0.2) is 0 Å². The predicted molar refractivity (Wildman–Crippen MR) is 109 cm³/mol. The lowest BCUT2D eigenvalue weighted by atomic mass is 10.2. The number of nitrogens with one attached hydrogen (secondary N) is 2. The number of benzene rings is 2. The molecule has 0 unspecified atom stereocenters. The first kappa shape index (κ1) is 20.9. The number of carbonyl (C=O) groups excluding carboxylic acids is 3. The van der Waals surface area contributed by atoms with Crippen LogP contribution < -0.4 is 15.4 Å². The Balaban J connectivity index is 1.34. The van der Waals surface area contributed by atoms with E-state index in [1.54, 1.807) is 31.2 Å². The molecule has 0 aliphatic rings. The zero-order valence-electron chi connectivity index (χ0n) is 16.4. The highest BCUT2D eigenvalue weighted by Gasteiger charge is 2.16. The van der Waals surface area contributed by atoms with Crippen LogP contribution in [0.25, 0.3) is 11.0 Å². The van der Waals surface area contributed by atoms with E-state index in [9.17, 15) is 14.4 Å². The molecule has 1 aromatic heterocycles. The van der Waals surface area contributed by atoms with Crippen LogP contribution in [0.5, 0.6) is 5.75 Å². The second kappa shape index (κ2) is 10.1. The molecule has 3 rings (SSSR count).